The fourth-order valence-electron chi connectivity index (χ4n) is 6.21. The number of aryl methyl sites for hydroxylation is 1. The molecule has 11 nitrogen and oxygen atoms in total. The largest absolute Gasteiger partial charge is 0.368 e. The lowest BCUT2D eigenvalue weighted by Gasteiger charge is -2.28. The number of hydrogen-bond acceptors (Lipinski definition) is 8. The number of Topliss-reactive ketones (excluding diaryl/α,β-unsaturated/α-hetero) is 1. The summed E-state index contributed by atoms with van der Waals surface area (Å²) in [6.45, 7) is 6.38. The predicted octanol–water partition coefficient (Wildman–Crippen LogP) is 4.28. The summed E-state index contributed by atoms with van der Waals surface area (Å²) < 4.78 is 2.41. The number of nitrogens with one attached hydrogen (secondary N) is 1. The number of carbonyl (C=O) groups excluding carboxylic acids is 3. The first-order valence-corrected chi connectivity index (χ1v) is 15.4. The van der Waals surface area contributed by atoms with Crippen LogP contribution in [0.25, 0.3) is 22.0 Å². The summed E-state index contributed by atoms with van der Waals surface area (Å²) in [4.78, 5) is 55.3. The van der Waals surface area contributed by atoms with Crippen LogP contribution in [0, 0.1) is 12.3 Å². The zero-order valence-corrected chi connectivity index (χ0v) is 27.1. The molecule has 4 heterocycles. The quantitative estimate of drug-likeness (QED) is 0.209. The van der Waals surface area contributed by atoms with Gasteiger partial charge >= 0.3 is 0 Å². The minimum atomic E-state index is -0.179. The van der Waals surface area contributed by atoms with Gasteiger partial charge in [0.1, 0.15) is 28.5 Å². The normalized spacial score (nSPS) is 20.5. The highest BCUT2D eigenvalue weighted by Gasteiger charge is 2.62. The Morgan fingerprint density at radius 1 is 1.09 bits per heavy atom. The molecule has 2 aliphatic rings. The number of nitrogens with zero attached hydrogens (tertiary/aromatic N) is 7. The van der Waals surface area contributed by atoms with E-state index < -0.39 is 0 Å². The highest BCUT2D eigenvalue weighted by Crippen LogP contribution is 2.59. The van der Waals surface area contributed by atoms with Gasteiger partial charge in [-0.2, -0.15) is 5.10 Å². The van der Waals surface area contributed by atoms with Gasteiger partial charge in [-0.1, -0.05) is 19.1 Å². The summed E-state index contributed by atoms with van der Waals surface area (Å²) in [7, 11) is 3.39. The van der Waals surface area contributed by atoms with Gasteiger partial charge in [0.25, 0.3) is 0 Å². The van der Waals surface area contributed by atoms with Gasteiger partial charge in [0.2, 0.25) is 11.8 Å². The van der Waals surface area contributed by atoms with Crippen molar-refractivity contribution in [3.63, 3.8) is 0 Å². The third-order valence-electron chi connectivity index (χ3n) is 8.81. The number of likely N-dealkylation sites (N-methyl/N-ethyl adjacent to an activating group) is 1. The fourth-order valence-corrected chi connectivity index (χ4v) is 6.52. The van der Waals surface area contributed by atoms with Gasteiger partial charge < -0.3 is 15.1 Å². The standard InChI is InChI=1S/C32H35BrN8O3/c1-18-6-9-26(33)37-31(18)36-16-22-12-32(3)13-25(32)41(22)29(44)17-40-24-8-7-20(10-23(24)30(38-40)19(2)42)21-14-34-27(35-15-21)11-28(43)39(4)5/h6-10,14-15,22,25H,11-13,16-17H2,1-5H3,(H,36,37)/t22-,25+,32-/m0/s1. The van der Waals surface area contributed by atoms with Crippen molar-refractivity contribution < 1.29 is 14.4 Å². The van der Waals surface area contributed by atoms with Crippen molar-refractivity contribution in [3.05, 3.63) is 64.4 Å². The highest BCUT2D eigenvalue weighted by molar-refractivity contribution is 9.10. The number of carbonyl (C=O) groups is 3. The lowest BCUT2D eigenvalue weighted by atomic mass is 10.0. The third-order valence-corrected chi connectivity index (χ3v) is 9.25. The predicted molar refractivity (Wildman–Crippen MR) is 170 cm³/mol. The van der Waals surface area contributed by atoms with Gasteiger partial charge in [-0.05, 0) is 70.4 Å². The van der Waals surface area contributed by atoms with Crippen molar-refractivity contribution in [2.45, 2.75) is 58.7 Å². The molecule has 228 valence electrons. The Labute approximate surface area is 264 Å². The van der Waals surface area contributed by atoms with Crippen LogP contribution in [-0.4, -0.2) is 84.9 Å². The van der Waals surface area contributed by atoms with Crippen molar-refractivity contribution in [1.29, 1.82) is 0 Å². The molecule has 1 saturated carbocycles. The number of hydrogen-bond donors (Lipinski definition) is 1. The first-order chi connectivity index (χ1) is 20.9. The summed E-state index contributed by atoms with van der Waals surface area (Å²) in [5.74, 6) is 0.976. The summed E-state index contributed by atoms with van der Waals surface area (Å²) >= 11 is 3.44. The molecule has 0 spiro atoms. The van der Waals surface area contributed by atoms with Gasteiger partial charge in [-0.3, -0.25) is 19.1 Å². The second-order valence-corrected chi connectivity index (χ2v) is 13.2. The van der Waals surface area contributed by atoms with Crippen LogP contribution in [0.4, 0.5) is 5.82 Å². The van der Waals surface area contributed by atoms with Gasteiger partial charge in [0.15, 0.2) is 5.78 Å². The van der Waals surface area contributed by atoms with E-state index >= 15 is 0 Å². The number of benzene rings is 1. The minimum Gasteiger partial charge on any atom is -0.368 e. The number of amides is 2. The van der Waals surface area contributed by atoms with E-state index in [2.05, 4.69) is 48.2 Å². The number of halogens is 1. The van der Waals surface area contributed by atoms with Crippen LogP contribution >= 0.6 is 15.9 Å². The molecule has 1 aliphatic heterocycles. The third kappa shape index (κ3) is 5.70. The van der Waals surface area contributed by atoms with Crippen molar-refractivity contribution in [2.24, 2.45) is 5.41 Å². The van der Waals surface area contributed by atoms with E-state index in [0.717, 1.165) is 40.0 Å². The average molecular weight is 660 g/mol. The SMILES string of the molecule is CC(=O)c1nn(CC(=O)N2[C@H](CNc3nc(Br)ccc3C)C[C@@]3(C)C[C@@H]23)c2ccc(-c3cnc(CC(=O)N(C)C)nc3)cc12. The Morgan fingerprint density at radius 2 is 1.84 bits per heavy atom. The molecule has 0 bridgehead atoms. The van der Waals surface area contributed by atoms with Crippen molar-refractivity contribution in [1.82, 2.24) is 34.5 Å². The van der Waals surface area contributed by atoms with Crippen molar-refractivity contribution in [2.75, 3.05) is 26.0 Å². The van der Waals surface area contributed by atoms with Crippen LogP contribution in [0.1, 0.15) is 48.6 Å². The number of ketones is 1. The lowest BCUT2D eigenvalue weighted by molar-refractivity contribution is -0.133. The zero-order valence-electron chi connectivity index (χ0n) is 25.5. The molecule has 1 saturated heterocycles. The molecule has 2 amide bonds. The molecule has 2 fully saturated rings. The maximum atomic E-state index is 13.9. The molecule has 0 unspecified atom stereocenters. The van der Waals surface area contributed by atoms with Gasteiger partial charge in [0.05, 0.1) is 11.9 Å². The molecular weight excluding hydrogens is 624 g/mol. The van der Waals surface area contributed by atoms with Gasteiger partial charge in [0, 0.05) is 63.0 Å². The smallest absolute Gasteiger partial charge is 0.244 e. The van der Waals surface area contributed by atoms with Gasteiger partial charge in [-0.15, -0.1) is 0 Å². The fraction of sp³-hybridized carbons (Fsp3) is 0.406. The van der Waals surface area contributed by atoms with E-state index in [9.17, 15) is 14.4 Å². The highest BCUT2D eigenvalue weighted by atomic mass is 79.9. The zero-order chi connectivity index (χ0) is 31.3. The number of piperidine rings is 1. The first kappa shape index (κ1) is 29.9. The molecule has 0 radical (unpaired) electrons. The molecule has 44 heavy (non-hydrogen) atoms. The van der Waals surface area contributed by atoms with Crippen LogP contribution in [0.5, 0.6) is 0 Å². The van der Waals surface area contributed by atoms with Crippen LogP contribution < -0.4 is 5.32 Å². The van der Waals surface area contributed by atoms with E-state index in [1.54, 1.807) is 31.2 Å². The second-order valence-electron chi connectivity index (χ2n) is 12.4. The Hall–Kier alpha value is -4.19. The maximum absolute atomic E-state index is 13.9. The Bertz CT molecular complexity index is 1790. The molecule has 1 N–H and O–H groups in total. The molecular formula is C32H35BrN8O3. The molecule has 3 aromatic heterocycles. The molecule has 12 heteroatoms. The Balaban J connectivity index is 1.23. The number of likely N-dealkylation sites (tertiary alicyclic amines) is 1. The van der Waals surface area contributed by atoms with Crippen LogP contribution in [0.3, 0.4) is 0 Å². The number of pyridine rings is 1. The van der Waals surface area contributed by atoms with Crippen LogP contribution in [0.2, 0.25) is 0 Å². The maximum Gasteiger partial charge on any atom is 0.244 e. The van der Waals surface area contributed by atoms with Gasteiger partial charge in [-0.25, -0.2) is 15.0 Å². The van der Waals surface area contributed by atoms with Crippen LogP contribution in [0.15, 0.2) is 47.3 Å². The number of aromatic nitrogens is 5. The van der Waals surface area contributed by atoms with E-state index in [1.807, 2.05) is 42.2 Å². The van der Waals surface area contributed by atoms with Crippen molar-refractivity contribution in [3.8, 4) is 11.1 Å². The van der Waals surface area contributed by atoms with E-state index in [1.165, 1.54) is 11.8 Å². The Morgan fingerprint density at radius 3 is 2.55 bits per heavy atom. The molecule has 6 rings (SSSR count). The topological polar surface area (TPSA) is 126 Å². The molecule has 3 atom stereocenters. The summed E-state index contributed by atoms with van der Waals surface area (Å²) in [6, 6.07) is 9.83. The number of fused-ring (bicyclic) bond motifs is 2. The monoisotopic (exact) mass is 658 g/mol. The number of anilines is 1. The van der Waals surface area contributed by atoms with E-state index in [-0.39, 0.29) is 48.1 Å². The minimum absolute atomic E-state index is 0.0122. The lowest BCUT2D eigenvalue weighted by Crippen LogP contribution is -2.44. The summed E-state index contributed by atoms with van der Waals surface area (Å²) in [6.07, 6.45) is 5.39. The Kier molecular flexibility index (Phi) is 7.73. The summed E-state index contributed by atoms with van der Waals surface area (Å²) in [5.41, 5.74) is 3.76. The molecule has 1 aromatic carbocycles. The van der Waals surface area contributed by atoms with E-state index in [4.69, 9.17) is 0 Å². The van der Waals surface area contributed by atoms with Crippen molar-refractivity contribution >= 4 is 50.2 Å². The average Bonchev–Trinajstić information content (AvgIpc) is 3.35. The molecule has 4 aromatic rings. The number of rotatable bonds is 9. The molecule has 1 aliphatic carbocycles. The van der Waals surface area contributed by atoms with Crippen LogP contribution in [-0.2, 0) is 22.6 Å². The first-order valence-electron chi connectivity index (χ1n) is 14.6. The summed E-state index contributed by atoms with van der Waals surface area (Å²) in [5, 5.41) is 8.74. The van der Waals surface area contributed by atoms with E-state index in [0.29, 0.717) is 29.0 Å². The second kappa shape index (κ2) is 11.4.